The highest BCUT2D eigenvalue weighted by Gasteiger charge is 2.24. The maximum Gasteiger partial charge on any atom is 0.242 e. The van der Waals surface area contributed by atoms with Gasteiger partial charge in [-0.1, -0.05) is 0 Å². The number of nitrogens with one attached hydrogen (secondary N) is 3. The monoisotopic (exact) mass is 284 g/mol. The fourth-order valence-corrected chi connectivity index (χ4v) is 2.36. The summed E-state index contributed by atoms with van der Waals surface area (Å²) < 4.78 is 26.0. The molecule has 1 saturated carbocycles. The third kappa shape index (κ3) is 3.90. The number of nitrogens with zero attached hydrogens (tertiary/aromatic N) is 1. The van der Waals surface area contributed by atoms with Crippen LogP contribution >= 0.6 is 0 Å². The summed E-state index contributed by atoms with van der Waals surface area (Å²) in [6.07, 6.45) is 3.18. The number of hydrogen-bond acceptors (Lipinski definition) is 5. The summed E-state index contributed by atoms with van der Waals surface area (Å²) in [6.45, 7) is -0.257. The average molecular weight is 284 g/mol. The molecule has 0 saturated heterocycles. The summed E-state index contributed by atoms with van der Waals surface area (Å²) in [7, 11) is -2.01. The Hall–Kier alpha value is -1.67. The highest BCUT2D eigenvalue weighted by molar-refractivity contribution is 7.89. The van der Waals surface area contributed by atoms with Crippen LogP contribution in [-0.4, -0.2) is 38.9 Å². The van der Waals surface area contributed by atoms with Crippen LogP contribution in [0.2, 0.25) is 0 Å². The summed E-state index contributed by atoms with van der Waals surface area (Å²) in [6, 6.07) is 3.20. The molecule has 0 aromatic carbocycles. The van der Waals surface area contributed by atoms with Crippen LogP contribution in [0.4, 0.5) is 5.82 Å². The van der Waals surface area contributed by atoms with Crippen LogP contribution in [-0.2, 0) is 14.8 Å². The van der Waals surface area contributed by atoms with Crippen molar-refractivity contribution in [3.05, 3.63) is 18.3 Å². The molecular weight excluding hydrogens is 268 g/mol. The van der Waals surface area contributed by atoms with Crippen molar-refractivity contribution in [1.82, 2.24) is 15.0 Å². The first kappa shape index (κ1) is 13.8. The summed E-state index contributed by atoms with van der Waals surface area (Å²) in [5.41, 5.74) is 0. The fraction of sp³-hybridized carbons (Fsp3) is 0.455. The van der Waals surface area contributed by atoms with E-state index in [1.165, 1.54) is 12.3 Å². The lowest BCUT2D eigenvalue weighted by Crippen LogP contribution is -2.37. The second-order valence-electron chi connectivity index (χ2n) is 4.30. The lowest BCUT2D eigenvalue weighted by molar-refractivity contribution is -0.120. The minimum Gasteiger partial charge on any atom is -0.373 e. The molecule has 0 aliphatic heterocycles. The summed E-state index contributed by atoms with van der Waals surface area (Å²) in [4.78, 5) is 15.4. The second kappa shape index (κ2) is 5.54. The first-order chi connectivity index (χ1) is 9.01. The van der Waals surface area contributed by atoms with Crippen LogP contribution in [0.5, 0.6) is 0 Å². The molecule has 0 unspecified atom stereocenters. The normalized spacial score (nSPS) is 15.0. The number of rotatable bonds is 6. The predicted octanol–water partition coefficient (Wildman–Crippen LogP) is -0.320. The zero-order chi connectivity index (χ0) is 13.9. The van der Waals surface area contributed by atoms with Gasteiger partial charge in [-0.2, -0.15) is 0 Å². The maximum absolute atomic E-state index is 11.9. The average Bonchev–Trinajstić information content (AvgIpc) is 3.20. The van der Waals surface area contributed by atoms with Crippen LogP contribution in [0.15, 0.2) is 23.2 Å². The molecule has 0 spiro atoms. The number of amides is 1. The molecule has 0 radical (unpaired) electrons. The van der Waals surface area contributed by atoms with Crippen molar-refractivity contribution in [3.8, 4) is 0 Å². The number of carbonyl (C=O) groups excluding carboxylic acids is 1. The number of pyridine rings is 1. The summed E-state index contributed by atoms with van der Waals surface area (Å²) in [5, 5.41) is 5.50. The van der Waals surface area contributed by atoms with E-state index < -0.39 is 10.0 Å². The van der Waals surface area contributed by atoms with Gasteiger partial charge >= 0.3 is 0 Å². The van der Waals surface area contributed by atoms with Gasteiger partial charge in [-0.25, -0.2) is 18.1 Å². The molecule has 1 heterocycles. The van der Waals surface area contributed by atoms with Crippen molar-refractivity contribution in [2.75, 3.05) is 18.9 Å². The zero-order valence-corrected chi connectivity index (χ0v) is 11.3. The molecule has 104 valence electrons. The third-order valence-electron chi connectivity index (χ3n) is 2.67. The minimum atomic E-state index is -3.70. The zero-order valence-electron chi connectivity index (χ0n) is 10.5. The molecular formula is C11H16N4O3S. The first-order valence-corrected chi connectivity index (χ1v) is 7.42. The smallest absolute Gasteiger partial charge is 0.242 e. The number of carbonyl (C=O) groups is 1. The molecule has 1 fully saturated rings. The molecule has 2 rings (SSSR count). The van der Waals surface area contributed by atoms with Gasteiger partial charge in [0.1, 0.15) is 10.7 Å². The van der Waals surface area contributed by atoms with Gasteiger partial charge in [0.25, 0.3) is 0 Å². The minimum absolute atomic E-state index is 0.0331. The van der Waals surface area contributed by atoms with Crippen molar-refractivity contribution >= 4 is 21.7 Å². The number of aromatic nitrogens is 1. The van der Waals surface area contributed by atoms with Gasteiger partial charge in [-0.3, -0.25) is 4.79 Å². The van der Waals surface area contributed by atoms with Gasteiger partial charge in [0.2, 0.25) is 15.9 Å². The lowest BCUT2D eigenvalue weighted by Gasteiger charge is -2.07. The van der Waals surface area contributed by atoms with E-state index in [4.69, 9.17) is 0 Å². The molecule has 8 heteroatoms. The van der Waals surface area contributed by atoms with Crippen molar-refractivity contribution < 1.29 is 13.2 Å². The molecule has 1 aliphatic carbocycles. The Labute approximate surface area is 111 Å². The molecule has 1 aromatic heterocycles. The molecule has 19 heavy (non-hydrogen) atoms. The largest absolute Gasteiger partial charge is 0.373 e. The quantitative estimate of drug-likeness (QED) is 0.665. The summed E-state index contributed by atoms with van der Waals surface area (Å²) >= 11 is 0. The van der Waals surface area contributed by atoms with E-state index in [1.54, 1.807) is 13.1 Å². The Balaban J connectivity index is 1.94. The Bertz CT molecular complexity index is 552. The molecule has 1 aliphatic rings. The summed E-state index contributed by atoms with van der Waals surface area (Å²) in [5.74, 6) is 0.260. The van der Waals surface area contributed by atoms with Crippen LogP contribution < -0.4 is 15.4 Å². The Morgan fingerprint density at radius 3 is 2.68 bits per heavy atom. The van der Waals surface area contributed by atoms with Gasteiger partial charge in [-0.05, 0) is 25.0 Å². The van der Waals surface area contributed by atoms with Crippen molar-refractivity contribution in [1.29, 1.82) is 0 Å². The highest BCUT2D eigenvalue weighted by atomic mass is 32.2. The van der Waals surface area contributed by atoms with Crippen LogP contribution in [0.25, 0.3) is 0 Å². The SMILES string of the molecule is CNc1ccc(S(=O)(=O)NCC(=O)NC2CC2)cn1. The standard InChI is InChI=1S/C11H16N4O3S/c1-12-10-5-4-9(6-13-10)19(17,18)14-7-11(16)15-8-2-3-8/h4-6,8,14H,2-3,7H2,1H3,(H,12,13)(H,15,16). The Morgan fingerprint density at radius 1 is 1.42 bits per heavy atom. The van der Waals surface area contributed by atoms with E-state index in [2.05, 4.69) is 20.3 Å². The topological polar surface area (TPSA) is 100 Å². The molecule has 3 N–H and O–H groups in total. The van der Waals surface area contributed by atoms with Crippen molar-refractivity contribution in [3.63, 3.8) is 0 Å². The second-order valence-corrected chi connectivity index (χ2v) is 6.06. The van der Waals surface area contributed by atoms with Gasteiger partial charge in [0, 0.05) is 19.3 Å². The maximum atomic E-state index is 11.9. The number of anilines is 1. The van der Waals surface area contributed by atoms with E-state index in [-0.39, 0.29) is 23.4 Å². The van der Waals surface area contributed by atoms with Gasteiger partial charge in [-0.15, -0.1) is 0 Å². The van der Waals surface area contributed by atoms with E-state index in [0.29, 0.717) is 5.82 Å². The van der Waals surface area contributed by atoms with Gasteiger partial charge < -0.3 is 10.6 Å². The number of hydrogen-bond donors (Lipinski definition) is 3. The third-order valence-corrected chi connectivity index (χ3v) is 4.05. The van der Waals surface area contributed by atoms with E-state index >= 15 is 0 Å². The van der Waals surface area contributed by atoms with Crippen LogP contribution in [0.1, 0.15) is 12.8 Å². The van der Waals surface area contributed by atoms with Gasteiger partial charge in [0.15, 0.2) is 0 Å². The van der Waals surface area contributed by atoms with E-state index in [0.717, 1.165) is 12.8 Å². The fourth-order valence-electron chi connectivity index (χ4n) is 1.44. The molecule has 0 atom stereocenters. The number of sulfonamides is 1. The molecule has 0 bridgehead atoms. The lowest BCUT2D eigenvalue weighted by atomic mass is 10.5. The predicted molar refractivity (Wildman–Crippen MR) is 70.1 cm³/mol. The van der Waals surface area contributed by atoms with Gasteiger partial charge in [0.05, 0.1) is 6.54 Å². The van der Waals surface area contributed by atoms with Crippen molar-refractivity contribution in [2.45, 2.75) is 23.8 Å². The van der Waals surface area contributed by atoms with Crippen LogP contribution in [0.3, 0.4) is 0 Å². The molecule has 7 nitrogen and oxygen atoms in total. The Kier molecular flexibility index (Phi) is 4.01. The first-order valence-electron chi connectivity index (χ1n) is 5.94. The van der Waals surface area contributed by atoms with E-state index in [1.807, 2.05) is 0 Å². The Morgan fingerprint density at radius 2 is 2.16 bits per heavy atom. The molecule has 1 amide bonds. The van der Waals surface area contributed by atoms with Crippen molar-refractivity contribution in [2.24, 2.45) is 0 Å². The van der Waals surface area contributed by atoms with Crippen LogP contribution in [0, 0.1) is 0 Å². The molecule has 1 aromatic rings. The highest BCUT2D eigenvalue weighted by Crippen LogP contribution is 2.18. The van der Waals surface area contributed by atoms with E-state index in [9.17, 15) is 13.2 Å².